The van der Waals surface area contributed by atoms with Crippen LogP contribution in [0.25, 0.3) is 0 Å². The standard InChI is InChI=1S/C27H35ClN4O5/c1-6-15-32(25(35)20(16-21(29)33)30-26(36)37-27(3,4)5)23(18-12-8-7-9-13-18)24(34)31-22-17(2)11-10-14-19(22)28/h7-14,20,23H,6,15-16H2,1-5H3,(H2,29,33)(H,30,36)(H,31,34). The number of anilines is 1. The largest absolute Gasteiger partial charge is 0.444 e. The lowest BCUT2D eigenvalue weighted by atomic mass is 10.0. The molecule has 0 aliphatic rings. The molecule has 0 aliphatic carbocycles. The summed E-state index contributed by atoms with van der Waals surface area (Å²) in [7, 11) is 0. The Labute approximate surface area is 222 Å². The summed E-state index contributed by atoms with van der Waals surface area (Å²) in [6.45, 7) is 8.84. The van der Waals surface area contributed by atoms with Crippen molar-refractivity contribution in [3.63, 3.8) is 0 Å². The van der Waals surface area contributed by atoms with Gasteiger partial charge in [-0.3, -0.25) is 14.4 Å². The topological polar surface area (TPSA) is 131 Å². The van der Waals surface area contributed by atoms with Gasteiger partial charge in [-0.2, -0.15) is 0 Å². The van der Waals surface area contributed by atoms with Crippen LogP contribution in [-0.4, -0.2) is 46.9 Å². The van der Waals surface area contributed by atoms with Crippen molar-refractivity contribution in [2.75, 3.05) is 11.9 Å². The highest BCUT2D eigenvalue weighted by atomic mass is 35.5. The molecule has 0 spiro atoms. The van der Waals surface area contributed by atoms with Crippen LogP contribution >= 0.6 is 11.6 Å². The maximum atomic E-state index is 13.8. The lowest BCUT2D eigenvalue weighted by Crippen LogP contribution is -2.53. The van der Waals surface area contributed by atoms with Gasteiger partial charge in [-0.15, -0.1) is 0 Å². The van der Waals surface area contributed by atoms with Gasteiger partial charge in [0.15, 0.2) is 0 Å². The molecular formula is C27H35ClN4O5. The van der Waals surface area contributed by atoms with E-state index >= 15 is 0 Å². The first-order chi connectivity index (χ1) is 17.3. The number of halogens is 1. The Morgan fingerprint density at radius 1 is 1.05 bits per heavy atom. The minimum absolute atomic E-state index is 0.165. The molecule has 0 aliphatic heterocycles. The van der Waals surface area contributed by atoms with Crippen molar-refractivity contribution in [2.45, 2.75) is 65.1 Å². The lowest BCUT2D eigenvalue weighted by Gasteiger charge is -2.34. The van der Waals surface area contributed by atoms with Crippen molar-refractivity contribution in [2.24, 2.45) is 5.73 Å². The second-order valence-electron chi connectivity index (χ2n) is 9.64. The Bertz CT molecular complexity index is 1100. The Morgan fingerprint density at radius 3 is 2.24 bits per heavy atom. The van der Waals surface area contributed by atoms with Gasteiger partial charge in [-0.1, -0.05) is 61.0 Å². The quantitative estimate of drug-likeness (QED) is 0.420. The van der Waals surface area contributed by atoms with Crippen molar-refractivity contribution in [3.8, 4) is 0 Å². The maximum Gasteiger partial charge on any atom is 0.408 e. The molecule has 2 unspecified atom stereocenters. The predicted molar refractivity (Wildman–Crippen MR) is 143 cm³/mol. The lowest BCUT2D eigenvalue weighted by molar-refractivity contribution is -0.141. The fraction of sp³-hybridized carbons (Fsp3) is 0.407. The molecule has 2 atom stereocenters. The van der Waals surface area contributed by atoms with Gasteiger partial charge in [0.2, 0.25) is 11.8 Å². The third-order valence-electron chi connectivity index (χ3n) is 5.29. The molecule has 0 aromatic heterocycles. The second kappa shape index (κ2) is 13.1. The number of ether oxygens (including phenoxy) is 1. The van der Waals surface area contributed by atoms with Crippen molar-refractivity contribution >= 4 is 41.1 Å². The van der Waals surface area contributed by atoms with E-state index in [2.05, 4.69) is 10.6 Å². The van der Waals surface area contributed by atoms with Gasteiger partial charge in [-0.25, -0.2) is 4.79 Å². The van der Waals surface area contributed by atoms with Gasteiger partial charge >= 0.3 is 6.09 Å². The summed E-state index contributed by atoms with van der Waals surface area (Å²) in [6.07, 6.45) is -0.843. The molecule has 10 heteroatoms. The van der Waals surface area contributed by atoms with Gasteiger partial charge in [-0.05, 0) is 51.3 Å². The number of aryl methyl sites for hydroxylation is 1. The Balaban J connectivity index is 2.50. The van der Waals surface area contributed by atoms with Crippen LogP contribution in [0.2, 0.25) is 5.02 Å². The third-order valence-corrected chi connectivity index (χ3v) is 5.60. The average Bonchev–Trinajstić information content (AvgIpc) is 2.79. The molecule has 2 aromatic carbocycles. The molecule has 2 aromatic rings. The molecule has 0 fully saturated rings. The summed E-state index contributed by atoms with van der Waals surface area (Å²) < 4.78 is 5.27. The number of nitrogens with one attached hydrogen (secondary N) is 2. The summed E-state index contributed by atoms with van der Waals surface area (Å²) in [5, 5.41) is 5.66. The molecule has 9 nitrogen and oxygen atoms in total. The monoisotopic (exact) mass is 530 g/mol. The van der Waals surface area contributed by atoms with E-state index < -0.39 is 47.9 Å². The van der Waals surface area contributed by atoms with E-state index in [0.29, 0.717) is 22.7 Å². The summed E-state index contributed by atoms with van der Waals surface area (Å²) in [5.41, 5.74) is 6.29. The van der Waals surface area contributed by atoms with E-state index in [9.17, 15) is 19.2 Å². The number of carbonyl (C=O) groups excluding carboxylic acids is 4. The summed E-state index contributed by atoms with van der Waals surface area (Å²) in [4.78, 5) is 53.2. The number of nitrogens with zero attached hydrogens (tertiary/aromatic N) is 1. The first-order valence-electron chi connectivity index (χ1n) is 12.0. The number of benzene rings is 2. The molecule has 0 saturated carbocycles. The molecule has 0 saturated heterocycles. The first-order valence-corrected chi connectivity index (χ1v) is 12.4. The van der Waals surface area contributed by atoms with Crippen molar-refractivity contribution in [3.05, 3.63) is 64.7 Å². The van der Waals surface area contributed by atoms with Crippen LogP contribution in [-0.2, 0) is 19.1 Å². The van der Waals surface area contributed by atoms with Crippen LogP contribution in [0.4, 0.5) is 10.5 Å². The van der Waals surface area contributed by atoms with Crippen molar-refractivity contribution in [1.29, 1.82) is 0 Å². The normalized spacial score (nSPS) is 12.7. The van der Waals surface area contributed by atoms with Gasteiger partial charge in [0.25, 0.3) is 5.91 Å². The minimum Gasteiger partial charge on any atom is -0.444 e. The fourth-order valence-corrected chi connectivity index (χ4v) is 4.02. The average molecular weight is 531 g/mol. The van der Waals surface area contributed by atoms with Crippen LogP contribution in [0, 0.1) is 6.92 Å². The number of primary amides is 1. The third kappa shape index (κ3) is 8.78. The van der Waals surface area contributed by atoms with E-state index in [-0.39, 0.29) is 6.54 Å². The molecule has 200 valence electrons. The smallest absolute Gasteiger partial charge is 0.408 e. The predicted octanol–water partition coefficient (Wildman–Crippen LogP) is 4.34. The van der Waals surface area contributed by atoms with Gasteiger partial charge in [0, 0.05) is 6.54 Å². The Morgan fingerprint density at radius 2 is 1.70 bits per heavy atom. The zero-order valence-corrected chi connectivity index (χ0v) is 22.6. The summed E-state index contributed by atoms with van der Waals surface area (Å²) >= 11 is 6.34. The van der Waals surface area contributed by atoms with E-state index in [1.807, 2.05) is 19.9 Å². The number of para-hydroxylation sites is 1. The number of hydrogen-bond acceptors (Lipinski definition) is 5. The molecule has 37 heavy (non-hydrogen) atoms. The van der Waals surface area contributed by atoms with Gasteiger partial charge in [0.05, 0.1) is 17.1 Å². The van der Waals surface area contributed by atoms with Crippen molar-refractivity contribution in [1.82, 2.24) is 10.2 Å². The maximum absolute atomic E-state index is 13.8. The van der Waals surface area contributed by atoms with E-state index in [0.717, 1.165) is 5.56 Å². The van der Waals surface area contributed by atoms with Gasteiger partial charge < -0.3 is 26.0 Å². The molecule has 2 rings (SSSR count). The minimum atomic E-state index is -1.33. The zero-order chi connectivity index (χ0) is 27.8. The number of alkyl carbamates (subject to hydrolysis) is 1. The number of amides is 4. The number of carbonyl (C=O) groups is 4. The van der Waals surface area contributed by atoms with E-state index in [1.54, 1.807) is 63.2 Å². The fourth-order valence-electron chi connectivity index (χ4n) is 3.75. The number of nitrogens with two attached hydrogens (primary N) is 1. The van der Waals surface area contributed by atoms with Crippen LogP contribution < -0.4 is 16.4 Å². The van der Waals surface area contributed by atoms with E-state index in [1.165, 1.54) is 4.90 Å². The van der Waals surface area contributed by atoms with Crippen LogP contribution in [0.1, 0.15) is 57.7 Å². The number of hydrogen-bond donors (Lipinski definition) is 3. The Hall–Kier alpha value is -3.59. The summed E-state index contributed by atoms with van der Waals surface area (Å²) in [6, 6.07) is 11.6. The Kier molecular flexibility index (Phi) is 10.5. The van der Waals surface area contributed by atoms with Crippen LogP contribution in [0.15, 0.2) is 48.5 Å². The highest BCUT2D eigenvalue weighted by molar-refractivity contribution is 6.34. The highest BCUT2D eigenvalue weighted by Crippen LogP contribution is 2.29. The van der Waals surface area contributed by atoms with Crippen molar-refractivity contribution < 1.29 is 23.9 Å². The molecule has 0 bridgehead atoms. The SMILES string of the molecule is CCCN(C(=O)C(CC(N)=O)NC(=O)OC(C)(C)C)C(C(=O)Nc1c(C)cccc1Cl)c1ccccc1. The van der Waals surface area contributed by atoms with Crippen LogP contribution in [0.3, 0.4) is 0 Å². The molecule has 0 heterocycles. The zero-order valence-electron chi connectivity index (χ0n) is 21.8. The van der Waals surface area contributed by atoms with Gasteiger partial charge in [0.1, 0.15) is 17.7 Å². The molecular weight excluding hydrogens is 496 g/mol. The highest BCUT2D eigenvalue weighted by Gasteiger charge is 2.36. The molecule has 0 radical (unpaired) electrons. The second-order valence-corrected chi connectivity index (χ2v) is 10.0. The first kappa shape index (κ1) is 29.6. The van der Waals surface area contributed by atoms with Crippen LogP contribution in [0.5, 0.6) is 0 Å². The summed E-state index contributed by atoms with van der Waals surface area (Å²) in [5.74, 6) is -1.94. The molecule has 4 N–H and O–H groups in total. The molecule has 4 amide bonds. The van der Waals surface area contributed by atoms with E-state index in [4.69, 9.17) is 22.1 Å². The number of rotatable bonds is 10.